The second-order valence-electron chi connectivity index (χ2n) is 5.25. The van der Waals surface area contributed by atoms with Crippen molar-refractivity contribution in [3.05, 3.63) is 72.5 Å². The third kappa shape index (κ3) is 4.11. The summed E-state index contributed by atoms with van der Waals surface area (Å²) in [6.45, 7) is -0.335. The summed E-state index contributed by atoms with van der Waals surface area (Å²) in [6, 6.07) is 18.0. The number of anilines is 1. The van der Waals surface area contributed by atoms with Crippen LogP contribution < -0.4 is 15.4 Å². The number of fused-ring (bicyclic) bond motifs is 1. The van der Waals surface area contributed by atoms with Gasteiger partial charge < -0.3 is 10.1 Å². The highest BCUT2D eigenvalue weighted by Crippen LogP contribution is 2.24. The van der Waals surface area contributed by atoms with E-state index in [1.54, 1.807) is 12.1 Å². The van der Waals surface area contributed by atoms with Crippen molar-refractivity contribution in [3.63, 3.8) is 0 Å². The molecule has 3 amide bonds. The quantitative estimate of drug-likeness (QED) is 0.762. The van der Waals surface area contributed by atoms with Gasteiger partial charge in [0.15, 0.2) is 6.61 Å². The number of benzene rings is 3. The van der Waals surface area contributed by atoms with Gasteiger partial charge in [0, 0.05) is 5.39 Å². The molecule has 5 nitrogen and oxygen atoms in total. The molecule has 0 spiro atoms. The maximum Gasteiger partial charge on any atom is 0.326 e. The molecule has 6 heteroatoms. The normalized spacial score (nSPS) is 10.3. The molecule has 0 unspecified atom stereocenters. The van der Waals surface area contributed by atoms with E-state index in [2.05, 4.69) is 10.6 Å². The van der Waals surface area contributed by atoms with E-state index in [4.69, 9.17) is 4.74 Å². The summed E-state index contributed by atoms with van der Waals surface area (Å²) in [5.41, 5.74) is -0.0113. The maximum atomic E-state index is 13.5. The van der Waals surface area contributed by atoms with Crippen LogP contribution in [0.3, 0.4) is 0 Å². The lowest BCUT2D eigenvalue weighted by atomic mass is 10.1. The van der Waals surface area contributed by atoms with E-state index < -0.39 is 17.8 Å². The van der Waals surface area contributed by atoms with Gasteiger partial charge in [-0.05, 0) is 23.6 Å². The first-order valence-electron chi connectivity index (χ1n) is 7.59. The molecule has 3 aromatic carbocycles. The van der Waals surface area contributed by atoms with E-state index in [1.807, 2.05) is 36.4 Å². The van der Waals surface area contributed by atoms with Gasteiger partial charge in [0.1, 0.15) is 11.6 Å². The molecule has 2 N–H and O–H groups in total. The molecule has 0 heterocycles. The molecule has 0 radical (unpaired) electrons. The van der Waals surface area contributed by atoms with Crippen LogP contribution in [0.2, 0.25) is 0 Å². The average Bonchev–Trinajstić information content (AvgIpc) is 2.62. The van der Waals surface area contributed by atoms with Crippen molar-refractivity contribution in [1.29, 1.82) is 0 Å². The van der Waals surface area contributed by atoms with Gasteiger partial charge in [-0.1, -0.05) is 48.5 Å². The molecule has 0 aliphatic heterocycles. The van der Waals surface area contributed by atoms with Crippen molar-refractivity contribution in [2.24, 2.45) is 0 Å². The first kappa shape index (κ1) is 16.4. The highest BCUT2D eigenvalue weighted by atomic mass is 19.1. The average molecular weight is 338 g/mol. The molecule has 25 heavy (non-hydrogen) atoms. The Hall–Kier alpha value is -3.41. The molecule has 0 saturated heterocycles. The Bertz CT molecular complexity index is 922. The van der Waals surface area contributed by atoms with Crippen LogP contribution in [0.5, 0.6) is 5.75 Å². The van der Waals surface area contributed by atoms with Crippen LogP contribution in [-0.2, 0) is 4.79 Å². The predicted molar refractivity (Wildman–Crippen MR) is 93.0 cm³/mol. The summed E-state index contributed by atoms with van der Waals surface area (Å²) in [7, 11) is 0. The van der Waals surface area contributed by atoms with E-state index in [0.717, 1.165) is 10.8 Å². The molecule has 126 valence electrons. The first-order chi connectivity index (χ1) is 12.1. The summed E-state index contributed by atoms with van der Waals surface area (Å²) >= 11 is 0. The Morgan fingerprint density at radius 3 is 2.48 bits per heavy atom. The number of imide groups is 1. The van der Waals surface area contributed by atoms with Gasteiger partial charge in [0.05, 0.1) is 5.69 Å². The van der Waals surface area contributed by atoms with Crippen molar-refractivity contribution in [3.8, 4) is 5.75 Å². The number of para-hydroxylation sites is 1. The number of rotatable bonds is 4. The monoisotopic (exact) mass is 338 g/mol. The van der Waals surface area contributed by atoms with E-state index in [1.165, 1.54) is 18.2 Å². The number of hydrogen-bond acceptors (Lipinski definition) is 3. The van der Waals surface area contributed by atoms with Crippen molar-refractivity contribution in [2.45, 2.75) is 0 Å². The van der Waals surface area contributed by atoms with E-state index in [0.29, 0.717) is 5.75 Å². The summed E-state index contributed by atoms with van der Waals surface area (Å²) < 4.78 is 18.9. The zero-order chi connectivity index (χ0) is 17.6. The Morgan fingerprint density at radius 2 is 1.64 bits per heavy atom. The maximum absolute atomic E-state index is 13.5. The van der Waals surface area contributed by atoms with Crippen molar-refractivity contribution in [2.75, 3.05) is 11.9 Å². The molecule has 3 aromatic rings. The highest BCUT2D eigenvalue weighted by Gasteiger charge is 2.11. The van der Waals surface area contributed by atoms with Crippen LogP contribution >= 0.6 is 0 Å². The molecular formula is C19H15FN2O3. The molecule has 0 aromatic heterocycles. The largest absolute Gasteiger partial charge is 0.483 e. The standard InChI is InChI=1S/C19H15FN2O3/c20-15-9-3-4-10-16(15)21-19(24)22-18(23)12-25-17-11-5-7-13-6-1-2-8-14(13)17/h1-11H,12H2,(H2,21,22,23,24). The van der Waals surface area contributed by atoms with Gasteiger partial charge in [-0.15, -0.1) is 0 Å². The number of carbonyl (C=O) groups is 2. The molecule has 0 aliphatic carbocycles. The van der Waals surface area contributed by atoms with E-state index in [-0.39, 0.29) is 12.3 Å². The fourth-order valence-corrected chi connectivity index (χ4v) is 2.34. The van der Waals surface area contributed by atoms with E-state index in [9.17, 15) is 14.0 Å². The number of ether oxygens (including phenoxy) is 1. The predicted octanol–water partition coefficient (Wildman–Crippen LogP) is 3.71. The lowest BCUT2D eigenvalue weighted by Crippen LogP contribution is -2.37. The summed E-state index contributed by atoms with van der Waals surface area (Å²) in [6.07, 6.45) is 0. The Kier molecular flexibility index (Phi) is 4.89. The smallest absolute Gasteiger partial charge is 0.326 e. The van der Waals surface area contributed by atoms with Crippen LogP contribution in [0.25, 0.3) is 10.8 Å². The fourth-order valence-electron chi connectivity index (χ4n) is 2.34. The fraction of sp³-hybridized carbons (Fsp3) is 0.0526. The minimum absolute atomic E-state index is 0.0113. The molecular weight excluding hydrogens is 323 g/mol. The highest BCUT2D eigenvalue weighted by molar-refractivity contribution is 6.01. The van der Waals surface area contributed by atoms with Crippen LogP contribution in [0, 0.1) is 5.82 Å². The lowest BCUT2D eigenvalue weighted by molar-refractivity contribution is -0.121. The number of urea groups is 1. The number of hydrogen-bond donors (Lipinski definition) is 2. The zero-order valence-corrected chi connectivity index (χ0v) is 13.2. The van der Waals surface area contributed by atoms with Crippen molar-refractivity contribution >= 4 is 28.4 Å². The third-order valence-electron chi connectivity index (χ3n) is 3.48. The molecule has 0 bridgehead atoms. The van der Waals surface area contributed by atoms with Gasteiger partial charge >= 0.3 is 6.03 Å². The van der Waals surface area contributed by atoms with Gasteiger partial charge in [0.25, 0.3) is 5.91 Å². The topological polar surface area (TPSA) is 67.4 Å². The van der Waals surface area contributed by atoms with Crippen LogP contribution in [0.4, 0.5) is 14.9 Å². The zero-order valence-electron chi connectivity index (χ0n) is 13.2. The third-order valence-corrected chi connectivity index (χ3v) is 3.48. The molecule has 0 atom stereocenters. The summed E-state index contributed by atoms with van der Waals surface area (Å²) in [5.74, 6) is -0.679. The van der Waals surface area contributed by atoms with Gasteiger partial charge in [-0.2, -0.15) is 0 Å². The number of nitrogens with one attached hydrogen (secondary N) is 2. The summed E-state index contributed by atoms with van der Waals surface area (Å²) in [4.78, 5) is 23.6. The van der Waals surface area contributed by atoms with Crippen LogP contribution in [0.1, 0.15) is 0 Å². The van der Waals surface area contributed by atoms with Crippen LogP contribution in [-0.4, -0.2) is 18.5 Å². The minimum Gasteiger partial charge on any atom is -0.483 e. The molecule has 0 fully saturated rings. The van der Waals surface area contributed by atoms with Crippen molar-refractivity contribution in [1.82, 2.24) is 5.32 Å². The van der Waals surface area contributed by atoms with Gasteiger partial charge in [-0.25, -0.2) is 9.18 Å². The van der Waals surface area contributed by atoms with E-state index >= 15 is 0 Å². The number of carbonyl (C=O) groups excluding carboxylic acids is 2. The second kappa shape index (κ2) is 7.44. The number of halogens is 1. The molecule has 3 rings (SSSR count). The van der Waals surface area contributed by atoms with Crippen LogP contribution in [0.15, 0.2) is 66.7 Å². The van der Waals surface area contributed by atoms with Gasteiger partial charge in [0.2, 0.25) is 0 Å². The summed E-state index contributed by atoms with van der Waals surface area (Å²) in [5, 5.41) is 6.21. The molecule has 0 aliphatic rings. The first-order valence-corrected chi connectivity index (χ1v) is 7.59. The number of amides is 3. The Morgan fingerprint density at radius 1 is 0.920 bits per heavy atom. The minimum atomic E-state index is -0.823. The second-order valence-corrected chi connectivity index (χ2v) is 5.25. The Balaban J connectivity index is 1.57. The van der Waals surface area contributed by atoms with Crippen molar-refractivity contribution < 1.29 is 18.7 Å². The lowest BCUT2D eigenvalue weighted by Gasteiger charge is -2.10. The van der Waals surface area contributed by atoms with Gasteiger partial charge in [-0.3, -0.25) is 10.1 Å². The molecule has 0 saturated carbocycles. The SMILES string of the molecule is O=C(COc1cccc2ccccc12)NC(=O)Nc1ccccc1F. The Labute approximate surface area is 143 Å².